The smallest absolute Gasteiger partial charge is 0.261 e. The fourth-order valence-electron chi connectivity index (χ4n) is 2.71. The van der Waals surface area contributed by atoms with Gasteiger partial charge in [0.05, 0.1) is 10.5 Å². The highest BCUT2D eigenvalue weighted by molar-refractivity contribution is 7.12. The number of hydrogen-bond acceptors (Lipinski definition) is 3. The Hall–Kier alpha value is -0.870. The molecule has 2 rings (SSSR count). The summed E-state index contributed by atoms with van der Waals surface area (Å²) in [6, 6.07) is 2.00. The highest BCUT2D eigenvalue weighted by atomic mass is 32.1. The molecule has 112 valence electrons. The molecule has 0 aromatic carbocycles. The van der Waals surface area contributed by atoms with Crippen LogP contribution in [-0.4, -0.2) is 23.2 Å². The van der Waals surface area contributed by atoms with Crippen molar-refractivity contribution in [1.29, 1.82) is 0 Å². The Bertz CT molecular complexity index is 469. The molecule has 20 heavy (non-hydrogen) atoms. The Balaban J connectivity index is 1.91. The Labute approximate surface area is 125 Å². The molecule has 0 radical (unpaired) electrons. The first kappa shape index (κ1) is 15.5. The van der Waals surface area contributed by atoms with Gasteiger partial charge in [-0.2, -0.15) is 0 Å². The molecule has 0 saturated heterocycles. The molecular formula is C16H25NO2S. The summed E-state index contributed by atoms with van der Waals surface area (Å²) in [6.45, 7) is 6.90. The van der Waals surface area contributed by atoms with E-state index in [0.29, 0.717) is 12.0 Å². The van der Waals surface area contributed by atoms with Gasteiger partial charge in [-0.3, -0.25) is 4.79 Å². The number of carbonyl (C=O) groups is 1. The molecule has 1 aliphatic carbocycles. The first-order valence-corrected chi connectivity index (χ1v) is 8.30. The van der Waals surface area contributed by atoms with E-state index in [1.807, 2.05) is 11.4 Å². The molecule has 2 N–H and O–H groups in total. The summed E-state index contributed by atoms with van der Waals surface area (Å²) in [7, 11) is 0. The second-order valence-electron chi connectivity index (χ2n) is 6.70. The van der Waals surface area contributed by atoms with Gasteiger partial charge in [-0.05, 0) is 54.5 Å². The van der Waals surface area contributed by atoms with Crippen LogP contribution in [0, 0.1) is 5.41 Å². The van der Waals surface area contributed by atoms with Gasteiger partial charge in [-0.1, -0.05) is 20.8 Å². The van der Waals surface area contributed by atoms with Crippen LogP contribution in [0.4, 0.5) is 0 Å². The number of hydrogen-bond donors (Lipinski definition) is 2. The fourth-order valence-corrected chi connectivity index (χ4v) is 3.62. The zero-order chi connectivity index (χ0) is 14.8. The molecule has 1 aliphatic rings. The number of thiophene rings is 1. The number of carbonyl (C=O) groups excluding carboxylic acids is 1. The van der Waals surface area contributed by atoms with Crippen LogP contribution in [0.1, 0.15) is 61.7 Å². The minimum atomic E-state index is -0.727. The molecule has 0 spiro atoms. The van der Waals surface area contributed by atoms with Gasteiger partial charge in [0.25, 0.3) is 5.91 Å². The molecule has 3 nitrogen and oxygen atoms in total. The molecule has 0 atom stereocenters. The van der Waals surface area contributed by atoms with E-state index in [4.69, 9.17) is 0 Å². The van der Waals surface area contributed by atoms with Gasteiger partial charge in [0.15, 0.2) is 0 Å². The van der Waals surface area contributed by atoms with Crippen molar-refractivity contribution >= 4 is 17.2 Å². The summed E-state index contributed by atoms with van der Waals surface area (Å²) in [5, 5.41) is 15.4. The molecule has 0 bridgehead atoms. The van der Waals surface area contributed by atoms with Crippen LogP contribution < -0.4 is 5.32 Å². The average Bonchev–Trinajstić information content (AvgIpc) is 2.89. The lowest BCUT2D eigenvalue weighted by Gasteiger charge is -2.40. The standard InChI is InChI=1S/C16H25NO2S/c1-4-12-5-10-20-13(12)14(18)17-11-16(19)8-6-15(2,3)7-9-16/h5,10,19H,4,6-9,11H2,1-3H3,(H,17,18). The first-order valence-electron chi connectivity index (χ1n) is 7.42. The Kier molecular flexibility index (Phi) is 4.55. The normalized spacial score (nSPS) is 20.6. The predicted octanol–water partition coefficient (Wildman–Crippen LogP) is 3.37. The third-order valence-corrected chi connectivity index (χ3v) is 5.40. The average molecular weight is 295 g/mol. The summed E-state index contributed by atoms with van der Waals surface area (Å²) in [5.41, 5.74) is 0.679. The molecule has 1 aromatic heterocycles. The van der Waals surface area contributed by atoms with E-state index < -0.39 is 5.60 Å². The minimum Gasteiger partial charge on any atom is -0.388 e. The number of aliphatic hydroxyl groups is 1. The number of nitrogens with one attached hydrogen (secondary N) is 1. The zero-order valence-electron chi connectivity index (χ0n) is 12.7. The largest absolute Gasteiger partial charge is 0.388 e. The van der Waals surface area contributed by atoms with Crippen LogP contribution in [0.5, 0.6) is 0 Å². The number of amides is 1. The lowest BCUT2D eigenvalue weighted by molar-refractivity contribution is -0.0232. The fraction of sp³-hybridized carbons (Fsp3) is 0.688. The van der Waals surface area contributed by atoms with Gasteiger partial charge >= 0.3 is 0 Å². The summed E-state index contributed by atoms with van der Waals surface area (Å²) in [4.78, 5) is 13.0. The van der Waals surface area contributed by atoms with E-state index >= 15 is 0 Å². The monoisotopic (exact) mass is 295 g/mol. The Morgan fingerprint density at radius 1 is 1.35 bits per heavy atom. The maximum atomic E-state index is 12.2. The molecule has 1 heterocycles. The van der Waals surface area contributed by atoms with Crippen LogP contribution in [0.25, 0.3) is 0 Å². The predicted molar refractivity (Wildman–Crippen MR) is 83.2 cm³/mol. The Morgan fingerprint density at radius 2 is 2.00 bits per heavy atom. The van der Waals surface area contributed by atoms with Crippen molar-refractivity contribution in [3.05, 3.63) is 21.9 Å². The van der Waals surface area contributed by atoms with E-state index in [1.165, 1.54) is 11.3 Å². The lowest BCUT2D eigenvalue weighted by Crippen LogP contribution is -2.46. The van der Waals surface area contributed by atoms with Gasteiger partial charge in [0, 0.05) is 6.54 Å². The topological polar surface area (TPSA) is 49.3 Å². The minimum absolute atomic E-state index is 0.0462. The highest BCUT2D eigenvalue weighted by Crippen LogP contribution is 2.39. The van der Waals surface area contributed by atoms with E-state index in [1.54, 1.807) is 0 Å². The molecule has 1 saturated carbocycles. The number of rotatable bonds is 4. The van der Waals surface area contributed by atoms with E-state index in [0.717, 1.165) is 42.5 Å². The van der Waals surface area contributed by atoms with Crippen molar-refractivity contribution in [2.45, 2.75) is 58.5 Å². The highest BCUT2D eigenvalue weighted by Gasteiger charge is 2.36. The van der Waals surface area contributed by atoms with Crippen molar-refractivity contribution in [3.8, 4) is 0 Å². The Morgan fingerprint density at radius 3 is 2.60 bits per heavy atom. The first-order chi connectivity index (χ1) is 9.35. The van der Waals surface area contributed by atoms with E-state index in [9.17, 15) is 9.90 Å². The maximum absolute atomic E-state index is 12.2. The van der Waals surface area contributed by atoms with Crippen LogP contribution in [0.2, 0.25) is 0 Å². The lowest BCUT2D eigenvalue weighted by atomic mass is 9.71. The molecular weight excluding hydrogens is 270 g/mol. The summed E-state index contributed by atoms with van der Waals surface area (Å²) < 4.78 is 0. The molecule has 0 unspecified atom stereocenters. The van der Waals surface area contributed by atoms with Gasteiger partial charge in [-0.25, -0.2) is 0 Å². The second-order valence-corrected chi connectivity index (χ2v) is 7.62. The summed E-state index contributed by atoms with van der Waals surface area (Å²) >= 11 is 1.47. The molecule has 1 amide bonds. The van der Waals surface area contributed by atoms with Crippen LogP contribution >= 0.6 is 11.3 Å². The zero-order valence-corrected chi connectivity index (χ0v) is 13.5. The quantitative estimate of drug-likeness (QED) is 0.894. The van der Waals surface area contributed by atoms with Gasteiger partial charge in [0.1, 0.15) is 0 Å². The van der Waals surface area contributed by atoms with Crippen molar-refractivity contribution in [3.63, 3.8) is 0 Å². The van der Waals surface area contributed by atoms with Gasteiger partial charge in [0.2, 0.25) is 0 Å². The number of aryl methyl sites for hydroxylation is 1. The molecule has 1 aromatic rings. The van der Waals surface area contributed by atoms with Gasteiger partial charge < -0.3 is 10.4 Å². The van der Waals surface area contributed by atoms with Crippen LogP contribution in [0.15, 0.2) is 11.4 Å². The van der Waals surface area contributed by atoms with Crippen molar-refractivity contribution < 1.29 is 9.90 Å². The van der Waals surface area contributed by atoms with Gasteiger partial charge in [-0.15, -0.1) is 11.3 Å². The summed E-state index contributed by atoms with van der Waals surface area (Å²) in [5.74, 6) is -0.0462. The summed E-state index contributed by atoms with van der Waals surface area (Å²) in [6.07, 6.45) is 4.43. The third-order valence-electron chi connectivity index (χ3n) is 4.45. The van der Waals surface area contributed by atoms with Crippen molar-refractivity contribution in [2.75, 3.05) is 6.54 Å². The molecule has 4 heteroatoms. The van der Waals surface area contributed by atoms with Crippen LogP contribution in [-0.2, 0) is 6.42 Å². The van der Waals surface area contributed by atoms with E-state index in [-0.39, 0.29) is 5.91 Å². The van der Waals surface area contributed by atoms with Crippen molar-refractivity contribution in [1.82, 2.24) is 5.32 Å². The maximum Gasteiger partial charge on any atom is 0.261 e. The third kappa shape index (κ3) is 3.61. The SMILES string of the molecule is CCc1ccsc1C(=O)NCC1(O)CCC(C)(C)CC1. The molecule has 0 aliphatic heterocycles. The van der Waals surface area contributed by atoms with Crippen molar-refractivity contribution in [2.24, 2.45) is 5.41 Å². The van der Waals surface area contributed by atoms with Crippen LogP contribution in [0.3, 0.4) is 0 Å². The van der Waals surface area contributed by atoms with E-state index in [2.05, 4.69) is 26.1 Å². The second kappa shape index (κ2) is 5.86. The molecule has 1 fully saturated rings.